The summed E-state index contributed by atoms with van der Waals surface area (Å²) in [7, 11) is -0.295. The van der Waals surface area contributed by atoms with E-state index < -0.39 is 0 Å². The Morgan fingerprint density at radius 3 is 2.58 bits per heavy atom. The number of nitrogens with one attached hydrogen (secondary N) is 1. The molecule has 0 saturated carbocycles. The number of nitriles is 1. The van der Waals surface area contributed by atoms with Gasteiger partial charge in [0.15, 0.2) is 0 Å². The lowest BCUT2D eigenvalue weighted by atomic mass is 10.2. The van der Waals surface area contributed by atoms with Gasteiger partial charge in [-0.25, -0.2) is 0 Å². The summed E-state index contributed by atoms with van der Waals surface area (Å²) in [6.45, 7) is 0. The Labute approximate surface area is 158 Å². The van der Waals surface area contributed by atoms with Crippen molar-refractivity contribution >= 4 is 33.7 Å². The predicted molar refractivity (Wildman–Crippen MR) is 104 cm³/mol. The normalized spacial score (nSPS) is 14.8. The monoisotopic (exact) mass is 383 g/mol. The molecule has 7 heteroatoms. The first-order valence-electron chi connectivity index (χ1n) is 8.36. The summed E-state index contributed by atoms with van der Waals surface area (Å²) in [5.41, 5.74) is 1.59. The summed E-state index contributed by atoms with van der Waals surface area (Å²) in [6, 6.07) is 11.7. The van der Waals surface area contributed by atoms with E-state index in [0.717, 1.165) is 30.0 Å². The van der Waals surface area contributed by atoms with Crippen molar-refractivity contribution in [1.29, 1.82) is 5.26 Å². The van der Waals surface area contributed by atoms with Crippen LogP contribution in [-0.2, 0) is 10.9 Å². The second-order valence-electron chi connectivity index (χ2n) is 6.11. The quantitative estimate of drug-likeness (QED) is 0.557. The third-order valence-corrected chi connectivity index (χ3v) is 7.92. The maximum absolute atomic E-state index is 13.4. The van der Waals surface area contributed by atoms with Crippen LogP contribution in [0.2, 0.25) is 0 Å². The highest BCUT2D eigenvalue weighted by atomic mass is 32.2. The summed E-state index contributed by atoms with van der Waals surface area (Å²) in [4.78, 5) is 15.9. The van der Waals surface area contributed by atoms with Gasteiger partial charge in [-0.05, 0) is 37.0 Å². The van der Waals surface area contributed by atoms with Crippen molar-refractivity contribution in [3.05, 3.63) is 46.2 Å². The van der Waals surface area contributed by atoms with E-state index in [1.165, 1.54) is 11.8 Å². The van der Waals surface area contributed by atoms with E-state index in [4.69, 9.17) is 0 Å². The molecule has 1 aromatic carbocycles. The first-order chi connectivity index (χ1) is 12.7. The van der Waals surface area contributed by atoms with Gasteiger partial charge in [-0.2, -0.15) is 5.26 Å². The van der Waals surface area contributed by atoms with Crippen LogP contribution in [0.3, 0.4) is 0 Å². The van der Waals surface area contributed by atoms with E-state index in [0.29, 0.717) is 26.5 Å². The van der Waals surface area contributed by atoms with Crippen LogP contribution < -0.4 is 10.7 Å². The lowest BCUT2D eigenvalue weighted by Crippen LogP contribution is -2.22. The van der Waals surface area contributed by atoms with E-state index in [1.807, 2.05) is 41.2 Å². The van der Waals surface area contributed by atoms with Crippen LogP contribution >= 0.6 is 11.8 Å². The van der Waals surface area contributed by atoms with Gasteiger partial charge in [0.25, 0.3) is 0 Å². The van der Waals surface area contributed by atoms with Gasteiger partial charge in [0.05, 0.1) is 16.1 Å². The molecule has 1 aliphatic rings. The minimum atomic E-state index is -0.331. The molecule has 0 radical (unpaired) electrons. The second kappa shape index (κ2) is 6.78. The van der Waals surface area contributed by atoms with Crippen LogP contribution in [0.5, 0.6) is 5.75 Å². The number of rotatable bonds is 3. The molecule has 0 bridgehead atoms. The Balaban J connectivity index is 2.13. The molecule has 3 heterocycles. The SMILES string of the molecule is CSc1c(C#N)c2[nH]c(=O)c([S+]3CCCC3)c([O-])c2n1-c1ccccc1. The minimum Gasteiger partial charge on any atom is -0.867 e. The lowest BCUT2D eigenvalue weighted by Gasteiger charge is -2.16. The van der Waals surface area contributed by atoms with Crippen LogP contribution in [0.25, 0.3) is 16.7 Å². The lowest BCUT2D eigenvalue weighted by molar-refractivity contribution is -0.270. The highest BCUT2D eigenvalue weighted by Gasteiger charge is 2.33. The number of pyridine rings is 1. The molecule has 1 saturated heterocycles. The summed E-state index contributed by atoms with van der Waals surface area (Å²) in [5, 5.41) is 23.7. The van der Waals surface area contributed by atoms with Gasteiger partial charge in [-0.1, -0.05) is 18.2 Å². The van der Waals surface area contributed by atoms with Gasteiger partial charge >= 0.3 is 5.56 Å². The summed E-state index contributed by atoms with van der Waals surface area (Å²) in [5.74, 6) is 1.57. The average molecular weight is 383 g/mol. The molecule has 0 aliphatic carbocycles. The molecule has 26 heavy (non-hydrogen) atoms. The van der Waals surface area contributed by atoms with Crippen LogP contribution in [-0.4, -0.2) is 27.3 Å². The Morgan fingerprint density at radius 1 is 1.27 bits per heavy atom. The third-order valence-electron chi connectivity index (χ3n) is 4.63. The zero-order valence-electron chi connectivity index (χ0n) is 14.2. The summed E-state index contributed by atoms with van der Waals surface area (Å²) in [6.07, 6.45) is 3.98. The highest BCUT2D eigenvalue weighted by Crippen LogP contribution is 2.39. The van der Waals surface area contributed by atoms with Gasteiger partial charge in [0.1, 0.15) is 23.1 Å². The number of benzene rings is 1. The van der Waals surface area contributed by atoms with Gasteiger partial charge < -0.3 is 14.7 Å². The summed E-state index contributed by atoms with van der Waals surface area (Å²) < 4.78 is 1.82. The largest absolute Gasteiger partial charge is 0.867 e. The van der Waals surface area contributed by atoms with Crippen molar-refractivity contribution in [2.45, 2.75) is 22.8 Å². The van der Waals surface area contributed by atoms with Crippen LogP contribution in [0.1, 0.15) is 18.4 Å². The number of aromatic nitrogens is 2. The maximum Gasteiger partial charge on any atom is 0.303 e. The number of fused-ring (bicyclic) bond motifs is 1. The Morgan fingerprint density at radius 2 is 1.96 bits per heavy atom. The van der Waals surface area contributed by atoms with E-state index in [9.17, 15) is 15.2 Å². The Bertz CT molecular complexity index is 1070. The number of nitrogens with zero attached hydrogens (tertiary/aromatic N) is 2. The van der Waals surface area contributed by atoms with E-state index in [-0.39, 0.29) is 22.2 Å². The van der Waals surface area contributed by atoms with Crippen molar-refractivity contribution < 1.29 is 5.11 Å². The topological polar surface area (TPSA) is 84.6 Å². The zero-order chi connectivity index (χ0) is 18.3. The molecule has 1 N–H and O–H groups in total. The molecule has 1 fully saturated rings. The van der Waals surface area contributed by atoms with Crippen molar-refractivity contribution in [3.63, 3.8) is 0 Å². The first-order valence-corrected chi connectivity index (χ1v) is 11.1. The molecular weight excluding hydrogens is 366 g/mol. The third kappa shape index (κ3) is 2.52. The predicted octanol–water partition coefficient (Wildman–Crippen LogP) is 2.76. The summed E-state index contributed by atoms with van der Waals surface area (Å²) >= 11 is 1.40. The van der Waals surface area contributed by atoms with E-state index in [1.54, 1.807) is 0 Å². The fourth-order valence-electron chi connectivity index (χ4n) is 3.51. The standard InChI is InChI=1S/C19H17N3O2S2/c1-25-19-13(11-20)14-15(22(19)12-7-3-2-4-8-12)16(23)17(18(24)21-14)26-9-5-6-10-26/h2-4,7-8H,5-6,9-10H2,1H3,(H-,21,23,24). The van der Waals surface area contributed by atoms with Crippen LogP contribution in [0, 0.1) is 11.3 Å². The minimum absolute atomic E-state index is 0.227. The van der Waals surface area contributed by atoms with Crippen molar-refractivity contribution in [2.75, 3.05) is 17.8 Å². The van der Waals surface area contributed by atoms with Gasteiger partial charge in [0, 0.05) is 16.6 Å². The molecular formula is C19H17N3O2S2. The molecule has 0 atom stereocenters. The van der Waals surface area contributed by atoms with E-state index >= 15 is 0 Å². The van der Waals surface area contributed by atoms with E-state index in [2.05, 4.69) is 11.1 Å². The van der Waals surface area contributed by atoms with Crippen molar-refractivity contribution in [3.8, 4) is 17.5 Å². The van der Waals surface area contributed by atoms with Gasteiger partial charge in [-0.3, -0.25) is 4.79 Å². The number of hydrogen-bond donors (Lipinski definition) is 1. The number of para-hydroxylation sites is 1. The van der Waals surface area contributed by atoms with Crippen LogP contribution in [0.15, 0.2) is 45.0 Å². The van der Waals surface area contributed by atoms with Crippen LogP contribution in [0.4, 0.5) is 0 Å². The van der Waals surface area contributed by atoms with Crippen molar-refractivity contribution in [1.82, 2.24) is 9.55 Å². The molecule has 2 aromatic heterocycles. The number of aromatic amines is 1. The molecule has 132 valence electrons. The number of thioether (sulfide) groups is 1. The van der Waals surface area contributed by atoms with Crippen molar-refractivity contribution in [2.24, 2.45) is 0 Å². The second-order valence-corrected chi connectivity index (χ2v) is 9.12. The Kier molecular flexibility index (Phi) is 4.47. The zero-order valence-corrected chi connectivity index (χ0v) is 15.9. The fourth-order valence-corrected chi connectivity index (χ4v) is 6.63. The first kappa shape index (κ1) is 17.1. The highest BCUT2D eigenvalue weighted by molar-refractivity contribution is 7.98. The average Bonchev–Trinajstić information content (AvgIpc) is 3.28. The fraction of sp³-hybridized carbons (Fsp3) is 0.263. The number of hydrogen-bond acceptors (Lipinski definition) is 4. The number of H-pyrrole nitrogens is 1. The molecule has 4 rings (SSSR count). The molecule has 0 amide bonds. The molecule has 1 aliphatic heterocycles. The molecule has 3 aromatic rings. The maximum atomic E-state index is 13.4. The molecule has 5 nitrogen and oxygen atoms in total. The van der Waals surface area contributed by atoms with Gasteiger partial charge in [0.2, 0.25) is 4.90 Å². The molecule has 0 spiro atoms. The van der Waals surface area contributed by atoms with Gasteiger partial charge in [-0.15, -0.1) is 11.8 Å². The Hall–Kier alpha value is -2.30. The smallest absolute Gasteiger partial charge is 0.303 e. The molecule has 0 unspecified atom stereocenters.